The summed E-state index contributed by atoms with van der Waals surface area (Å²) in [6.07, 6.45) is 0. The molecule has 0 radical (unpaired) electrons. The van der Waals surface area contributed by atoms with Crippen LogP contribution in [0.15, 0.2) is 42.5 Å². The number of hydrogen-bond donors (Lipinski definition) is 2. The first kappa shape index (κ1) is 17.8. The molecule has 0 aliphatic heterocycles. The third-order valence-corrected chi connectivity index (χ3v) is 3.61. The molecule has 0 spiro atoms. The van der Waals surface area contributed by atoms with E-state index in [1.54, 1.807) is 19.2 Å². The molecule has 0 aliphatic carbocycles. The van der Waals surface area contributed by atoms with Gasteiger partial charge in [-0.1, -0.05) is 23.8 Å². The summed E-state index contributed by atoms with van der Waals surface area (Å²) in [5, 5.41) is 5.67. The highest BCUT2D eigenvalue weighted by Gasteiger charge is 2.04. The molecule has 0 saturated carbocycles. The monoisotopic (exact) mass is 328 g/mol. The van der Waals surface area contributed by atoms with Gasteiger partial charge in [0.25, 0.3) is 0 Å². The standard InChI is InChI=1S/C19H24N2O3/c1-14-4-5-16(15(2)12-14)13-20-19(22)21-17-6-8-18(9-7-17)24-11-10-23-3/h4-9,12H,10-11,13H2,1-3H3,(H2,20,21,22). The van der Waals surface area contributed by atoms with Gasteiger partial charge in [-0.3, -0.25) is 0 Å². The molecule has 5 nitrogen and oxygen atoms in total. The number of amides is 2. The zero-order valence-corrected chi connectivity index (χ0v) is 14.4. The van der Waals surface area contributed by atoms with Gasteiger partial charge in [-0.15, -0.1) is 0 Å². The minimum atomic E-state index is -0.233. The van der Waals surface area contributed by atoms with E-state index in [-0.39, 0.29) is 6.03 Å². The van der Waals surface area contributed by atoms with Crippen LogP contribution in [0.5, 0.6) is 5.75 Å². The van der Waals surface area contributed by atoms with Gasteiger partial charge in [0.15, 0.2) is 0 Å². The van der Waals surface area contributed by atoms with Gasteiger partial charge in [-0.05, 0) is 49.2 Å². The van der Waals surface area contributed by atoms with Gasteiger partial charge in [-0.2, -0.15) is 0 Å². The minimum Gasteiger partial charge on any atom is -0.491 e. The second-order valence-electron chi connectivity index (χ2n) is 5.60. The van der Waals surface area contributed by atoms with Crippen LogP contribution in [0.3, 0.4) is 0 Å². The molecule has 0 aromatic heterocycles. The van der Waals surface area contributed by atoms with Crippen LogP contribution in [0, 0.1) is 13.8 Å². The van der Waals surface area contributed by atoms with E-state index in [0.29, 0.717) is 25.4 Å². The predicted molar refractivity (Wildman–Crippen MR) is 95.6 cm³/mol. The van der Waals surface area contributed by atoms with Crippen molar-refractivity contribution >= 4 is 11.7 Å². The van der Waals surface area contributed by atoms with Crippen molar-refractivity contribution in [3.05, 3.63) is 59.2 Å². The number of methoxy groups -OCH3 is 1. The van der Waals surface area contributed by atoms with E-state index in [9.17, 15) is 4.79 Å². The van der Waals surface area contributed by atoms with Crippen LogP contribution in [0.2, 0.25) is 0 Å². The SMILES string of the molecule is COCCOc1ccc(NC(=O)NCc2ccc(C)cc2C)cc1. The number of urea groups is 1. The van der Waals surface area contributed by atoms with Gasteiger partial charge in [-0.25, -0.2) is 4.79 Å². The maximum Gasteiger partial charge on any atom is 0.319 e. The maximum absolute atomic E-state index is 12.0. The van der Waals surface area contributed by atoms with Crippen molar-refractivity contribution in [2.75, 3.05) is 25.6 Å². The van der Waals surface area contributed by atoms with Crippen molar-refractivity contribution in [1.29, 1.82) is 0 Å². The van der Waals surface area contributed by atoms with Gasteiger partial charge in [0.05, 0.1) is 6.61 Å². The smallest absolute Gasteiger partial charge is 0.319 e. The summed E-state index contributed by atoms with van der Waals surface area (Å²) in [5.74, 6) is 0.744. The highest BCUT2D eigenvalue weighted by molar-refractivity contribution is 5.89. The predicted octanol–water partition coefficient (Wildman–Crippen LogP) is 3.65. The first-order valence-corrected chi connectivity index (χ1v) is 7.91. The lowest BCUT2D eigenvalue weighted by Crippen LogP contribution is -2.28. The Morgan fingerprint density at radius 2 is 1.79 bits per heavy atom. The molecule has 2 aromatic carbocycles. The van der Waals surface area contributed by atoms with Crippen molar-refractivity contribution in [2.24, 2.45) is 0 Å². The number of carbonyl (C=O) groups excluding carboxylic acids is 1. The second-order valence-corrected chi connectivity index (χ2v) is 5.60. The zero-order chi connectivity index (χ0) is 17.4. The summed E-state index contributed by atoms with van der Waals surface area (Å²) < 4.78 is 10.4. The highest BCUT2D eigenvalue weighted by atomic mass is 16.5. The Hall–Kier alpha value is -2.53. The molecule has 0 unspecified atom stereocenters. The Morgan fingerprint density at radius 3 is 2.46 bits per heavy atom. The normalized spacial score (nSPS) is 10.3. The molecule has 0 saturated heterocycles. The lowest BCUT2D eigenvalue weighted by molar-refractivity contribution is 0.146. The molecular formula is C19H24N2O3. The molecule has 0 aliphatic rings. The lowest BCUT2D eigenvalue weighted by atomic mass is 10.1. The Balaban J connectivity index is 1.81. The van der Waals surface area contributed by atoms with E-state index in [0.717, 1.165) is 11.3 Å². The van der Waals surface area contributed by atoms with Crippen LogP contribution in [-0.2, 0) is 11.3 Å². The Labute approximate surface area is 143 Å². The molecule has 0 bridgehead atoms. The van der Waals surface area contributed by atoms with Crippen molar-refractivity contribution < 1.29 is 14.3 Å². The molecule has 2 amide bonds. The number of hydrogen-bond acceptors (Lipinski definition) is 3. The lowest BCUT2D eigenvalue weighted by Gasteiger charge is -2.11. The average molecular weight is 328 g/mol. The van der Waals surface area contributed by atoms with Crippen molar-refractivity contribution in [3.63, 3.8) is 0 Å². The van der Waals surface area contributed by atoms with Crippen LogP contribution >= 0.6 is 0 Å². The topological polar surface area (TPSA) is 59.6 Å². The fourth-order valence-electron chi connectivity index (χ4n) is 2.27. The van der Waals surface area contributed by atoms with Crippen molar-refractivity contribution in [3.8, 4) is 5.75 Å². The molecule has 5 heteroatoms. The van der Waals surface area contributed by atoms with Gasteiger partial charge < -0.3 is 20.1 Å². The molecule has 2 N–H and O–H groups in total. The first-order valence-electron chi connectivity index (χ1n) is 7.91. The number of benzene rings is 2. The maximum atomic E-state index is 12.0. The van der Waals surface area contributed by atoms with E-state index in [4.69, 9.17) is 9.47 Å². The number of nitrogens with one attached hydrogen (secondary N) is 2. The summed E-state index contributed by atoms with van der Waals surface area (Å²) in [5.41, 5.74) is 4.21. The van der Waals surface area contributed by atoms with Gasteiger partial charge in [0.1, 0.15) is 12.4 Å². The minimum absolute atomic E-state index is 0.233. The third kappa shape index (κ3) is 5.59. The first-order chi connectivity index (χ1) is 11.6. The molecule has 0 atom stereocenters. The summed E-state index contributed by atoms with van der Waals surface area (Å²) >= 11 is 0. The van der Waals surface area contributed by atoms with E-state index in [1.165, 1.54) is 11.1 Å². The van der Waals surface area contributed by atoms with Gasteiger partial charge in [0.2, 0.25) is 0 Å². The molecule has 0 fully saturated rings. The van der Waals surface area contributed by atoms with E-state index < -0.39 is 0 Å². The summed E-state index contributed by atoms with van der Waals surface area (Å²) in [6, 6.07) is 13.2. The molecule has 0 heterocycles. The van der Waals surface area contributed by atoms with Gasteiger partial charge >= 0.3 is 6.03 Å². The number of anilines is 1. The number of ether oxygens (including phenoxy) is 2. The Morgan fingerprint density at radius 1 is 1.04 bits per heavy atom. The fourth-order valence-corrected chi connectivity index (χ4v) is 2.27. The number of rotatable bonds is 7. The second kappa shape index (κ2) is 8.93. The number of carbonyl (C=O) groups is 1. The molecular weight excluding hydrogens is 304 g/mol. The summed E-state index contributed by atoms with van der Waals surface area (Å²) in [7, 11) is 1.63. The van der Waals surface area contributed by atoms with Crippen LogP contribution < -0.4 is 15.4 Å². The molecule has 24 heavy (non-hydrogen) atoms. The zero-order valence-electron chi connectivity index (χ0n) is 14.4. The van der Waals surface area contributed by atoms with Crippen molar-refractivity contribution in [1.82, 2.24) is 5.32 Å². The average Bonchev–Trinajstić information content (AvgIpc) is 2.56. The van der Waals surface area contributed by atoms with Crippen LogP contribution in [-0.4, -0.2) is 26.4 Å². The summed E-state index contributed by atoms with van der Waals surface area (Å²) in [4.78, 5) is 12.0. The molecule has 128 valence electrons. The summed E-state index contributed by atoms with van der Waals surface area (Å²) in [6.45, 7) is 5.64. The Bertz CT molecular complexity index is 669. The van der Waals surface area contributed by atoms with E-state index in [2.05, 4.69) is 23.6 Å². The van der Waals surface area contributed by atoms with Crippen molar-refractivity contribution in [2.45, 2.75) is 20.4 Å². The van der Waals surface area contributed by atoms with Crippen LogP contribution in [0.1, 0.15) is 16.7 Å². The van der Waals surface area contributed by atoms with E-state index in [1.807, 2.05) is 31.2 Å². The van der Waals surface area contributed by atoms with Crippen LogP contribution in [0.4, 0.5) is 10.5 Å². The molecule has 2 aromatic rings. The Kier molecular flexibility index (Phi) is 6.63. The van der Waals surface area contributed by atoms with Crippen LogP contribution in [0.25, 0.3) is 0 Å². The van der Waals surface area contributed by atoms with E-state index >= 15 is 0 Å². The third-order valence-electron chi connectivity index (χ3n) is 3.61. The van der Waals surface area contributed by atoms with Gasteiger partial charge in [0, 0.05) is 19.3 Å². The highest BCUT2D eigenvalue weighted by Crippen LogP contribution is 2.15. The molecule has 2 rings (SSSR count). The fraction of sp³-hybridized carbons (Fsp3) is 0.316. The largest absolute Gasteiger partial charge is 0.491 e. The number of aryl methyl sites for hydroxylation is 2. The quantitative estimate of drug-likeness (QED) is 0.763.